The Labute approximate surface area is 102 Å². The van der Waals surface area contributed by atoms with E-state index in [1.54, 1.807) is 0 Å². The van der Waals surface area contributed by atoms with Crippen LogP contribution < -0.4 is 10.6 Å². The molecular weight excluding hydrogens is 220 g/mol. The number of fused-ring (bicyclic) bond motifs is 1. The van der Waals surface area contributed by atoms with Crippen molar-refractivity contribution in [2.45, 2.75) is 32.7 Å². The molecule has 1 unspecified atom stereocenters. The maximum absolute atomic E-state index is 6.30. The van der Waals surface area contributed by atoms with Crippen LogP contribution in [0.2, 0.25) is 5.02 Å². The molecule has 88 valence electrons. The first kappa shape index (κ1) is 11.7. The van der Waals surface area contributed by atoms with Gasteiger partial charge in [-0.1, -0.05) is 17.7 Å². The highest BCUT2D eigenvalue weighted by Crippen LogP contribution is 2.43. The Morgan fingerprint density at radius 3 is 2.75 bits per heavy atom. The van der Waals surface area contributed by atoms with Crippen molar-refractivity contribution < 1.29 is 0 Å². The van der Waals surface area contributed by atoms with Crippen LogP contribution in [0.15, 0.2) is 12.1 Å². The summed E-state index contributed by atoms with van der Waals surface area (Å²) in [5.74, 6) is 0.379. The van der Waals surface area contributed by atoms with E-state index in [1.807, 2.05) is 6.07 Å². The van der Waals surface area contributed by atoms with Gasteiger partial charge in [-0.3, -0.25) is 0 Å². The molecule has 0 saturated heterocycles. The third-order valence-corrected chi connectivity index (χ3v) is 3.72. The van der Waals surface area contributed by atoms with Crippen molar-refractivity contribution in [3.63, 3.8) is 0 Å². The lowest BCUT2D eigenvalue weighted by Gasteiger charge is -2.25. The SMILES string of the molecule is Cc1ccc(Cl)c2c1N(C(C)C)CC2CN. The Morgan fingerprint density at radius 2 is 2.19 bits per heavy atom. The fourth-order valence-corrected chi connectivity index (χ4v) is 2.85. The van der Waals surface area contributed by atoms with Crippen molar-refractivity contribution in [1.82, 2.24) is 0 Å². The highest BCUT2D eigenvalue weighted by Gasteiger charge is 2.32. The van der Waals surface area contributed by atoms with Gasteiger partial charge in [-0.15, -0.1) is 0 Å². The van der Waals surface area contributed by atoms with Crippen LogP contribution in [0.25, 0.3) is 0 Å². The zero-order valence-corrected chi connectivity index (χ0v) is 10.9. The summed E-state index contributed by atoms with van der Waals surface area (Å²) in [5.41, 5.74) is 9.69. The van der Waals surface area contributed by atoms with Gasteiger partial charge in [0.25, 0.3) is 0 Å². The largest absolute Gasteiger partial charge is 0.368 e. The fraction of sp³-hybridized carbons (Fsp3) is 0.538. The molecule has 1 aliphatic rings. The minimum Gasteiger partial charge on any atom is -0.368 e. The second-order valence-electron chi connectivity index (χ2n) is 4.81. The van der Waals surface area contributed by atoms with Gasteiger partial charge in [0, 0.05) is 41.3 Å². The number of nitrogens with two attached hydrogens (primary N) is 1. The summed E-state index contributed by atoms with van der Waals surface area (Å²) in [5, 5.41) is 0.860. The zero-order chi connectivity index (χ0) is 11.9. The van der Waals surface area contributed by atoms with Crippen LogP contribution in [0, 0.1) is 6.92 Å². The van der Waals surface area contributed by atoms with Crippen molar-refractivity contribution >= 4 is 17.3 Å². The number of rotatable bonds is 2. The molecule has 0 saturated carbocycles. The molecule has 3 heteroatoms. The number of hydrogen-bond acceptors (Lipinski definition) is 2. The molecule has 1 aromatic rings. The number of benzene rings is 1. The second-order valence-corrected chi connectivity index (χ2v) is 5.21. The summed E-state index contributed by atoms with van der Waals surface area (Å²) in [6.45, 7) is 8.23. The predicted octanol–water partition coefficient (Wildman–Crippen LogP) is 2.92. The number of hydrogen-bond donors (Lipinski definition) is 1. The monoisotopic (exact) mass is 238 g/mol. The maximum Gasteiger partial charge on any atom is 0.0462 e. The van der Waals surface area contributed by atoms with Gasteiger partial charge in [0.15, 0.2) is 0 Å². The van der Waals surface area contributed by atoms with Gasteiger partial charge in [-0.05, 0) is 32.4 Å². The normalized spacial score (nSPS) is 19.4. The van der Waals surface area contributed by atoms with E-state index in [1.165, 1.54) is 16.8 Å². The van der Waals surface area contributed by atoms with E-state index in [9.17, 15) is 0 Å². The lowest BCUT2D eigenvalue weighted by molar-refractivity contribution is 0.646. The number of halogens is 1. The maximum atomic E-state index is 6.30. The Kier molecular flexibility index (Phi) is 3.13. The molecule has 0 bridgehead atoms. The highest BCUT2D eigenvalue weighted by molar-refractivity contribution is 6.32. The van der Waals surface area contributed by atoms with Crippen LogP contribution in [-0.4, -0.2) is 19.1 Å². The van der Waals surface area contributed by atoms with E-state index in [4.69, 9.17) is 17.3 Å². The van der Waals surface area contributed by atoms with E-state index in [-0.39, 0.29) is 0 Å². The van der Waals surface area contributed by atoms with Crippen molar-refractivity contribution in [3.8, 4) is 0 Å². The van der Waals surface area contributed by atoms with Crippen LogP contribution in [0.1, 0.15) is 30.9 Å². The molecule has 1 aliphatic heterocycles. The van der Waals surface area contributed by atoms with Crippen LogP contribution in [0.4, 0.5) is 5.69 Å². The standard InChI is InChI=1S/C13H19ClN2/c1-8(2)16-7-10(6-15)12-11(14)5-4-9(3)13(12)16/h4-5,8,10H,6-7,15H2,1-3H3. The van der Waals surface area contributed by atoms with Crippen LogP contribution in [0.5, 0.6) is 0 Å². The van der Waals surface area contributed by atoms with E-state index in [0.29, 0.717) is 18.5 Å². The van der Waals surface area contributed by atoms with Crippen molar-refractivity contribution in [1.29, 1.82) is 0 Å². The molecular formula is C13H19ClN2. The molecule has 1 atom stereocenters. The molecule has 0 aromatic heterocycles. The summed E-state index contributed by atoms with van der Waals surface area (Å²) in [6, 6.07) is 4.57. The molecule has 2 N–H and O–H groups in total. The van der Waals surface area contributed by atoms with E-state index >= 15 is 0 Å². The fourth-order valence-electron chi connectivity index (χ4n) is 2.54. The number of anilines is 1. The first-order chi connectivity index (χ1) is 7.56. The minimum absolute atomic E-state index is 0.379. The average molecular weight is 239 g/mol. The van der Waals surface area contributed by atoms with Gasteiger partial charge in [-0.25, -0.2) is 0 Å². The quantitative estimate of drug-likeness (QED) is 0.859. The van der Waals surface area contributed by atoms with Crippen LogP contribution >= 0.6 is 11.6 Å². The average Bonchev–Trinajstić information content (AvgIpc) is 2.64. The molecule has 0 aliphatic carbocycles. The predicted molar refractivity (Wildman–Crippen MR) is 70.5 cm³/mol. The van der Waals surface area contributed by atoms with Crippen LogP contribution in [-0.2, 0) is 0 Å². The van der Waals surface area contributed by atoms with Crippen LogP contribution in [0.3, 0.4) is 0 Å². The molecule has 1 heterocycles. The van der Waals surface area contributed by atoms with Gasteiger partial charge in [-0.2, -0.15) is 0 Å². The Bertz CT molecular complexity index is 401. The van der Waals surface area contributed by atoms with Crippen molar-refractivity contribution in [2.24, 2.45) is 5.73 Å². The van der Waals surface area contributed by atoms with E-state index < -0.39 is 0 Å². The first-order valence-corrected chi connectivity index (χ1v) is 6.19. The number of nitrogens with zero attached hydrogens (tertiary/aromatic N) is 1. The van der Waals surface area contributed by atoms with E-state index in [0.717, 1.165) is 11.6 Å². The van der Waals surface area contributed by atoms with Crippen molar-refractivity contribution in [3.05, 3.63) is 28.3 Å². The Hall–Kier alpha value is -0.730. The summed E-state index contributed by atoms with van der Waals surface area (Å²) in [4.78, 5) is 2.41. The summed E-state index contributed by atoms with van der Waals surface area (Å²) >= 11 is 6.30. The molecule has 2 nitrogen and oxygen atoms in total. The lowest BCUT2D eigenvalue weighted by Crippen LogP contribution is -2.31. The Morgan fingerprint density at radius 1 is 1.50 bits per heavy atom. The molecule has 2 rings (SSSR count). The zero-order valence-electron chi connectivity index (χ0n) is 10.1. The number of aryl methyl sites for hydroxylation is 1. The minimum atomic E-state index is 0.379. The van der Waals surface area contributed by atoms with Gasteiger partial charge in [0.05, 0.1) is 0 Å². The first-order valence-electron chi connectivity index (χ1n) is 5.82. The summed E-state index contributed by atoms with van der Waals surface area (Å²) in [6.07, 6.45) is 0. The van der Waals surface area contributed by atoms with Gasteiger partial charge in [0.1, 0.15) is 0 Å². The topological polar surface area (TPSA) is 29.3 Å². The second kappa shape index (κ2) is 4.27. The Balaban J connectivity index is 2.57. The molecule has 16 heavy (non-hydrogen) atoms. The molecule has 1 aromatic carbocycles. The smallest absolute Gasteiger partial charge is 0.0462 e. The lowest BCUT2D eigenvalue weighted by atomic mass is 9.99. The van der Waals surface area contributed by atoms with E-state index in [2.05, 4.69) is 31.7 Å². The van der Waals surface area contributed by atoms with Gasteiger partial charge in [0.2, 0.25) is 0 Å². The van der Waals surface area contributed by atoms with Crippen molar-refractivity contribution in [2.75, 3.05) is 18.0 Å². The third kappa shape index (κ3) is 1.70. The molecule has 0 spiro atoms. The molecule has 0 fully saturated rings. The van der Waals surface area contributed by atoms with Gasteiger partial charge >= 0.3 is 0 Å². The van der Waals surface area contributed by atoms with Gasteiger partial charge < -0.3 is 10.6 Å². The summed E-state index contributed by atoms with van der Waals surface area (Å²) < 4.78 is 0. The highest BCUT2D eigenvalue weighted by atomic mass is 35.5. The molecule has 0 amide bonds. The third-order valence-electron chi connectivity index (χ3n) is 3.39. The summed E-state index contributed by atoms with van der Waals surface area (Å²) in [7, 11) is 0. The molecule has 0 radical (unpaired) electrons.